The molecule has 0 bridgehead atoms. The largest absolute Gasteiger partial charge is 0.391 e. The number of hydrogen-bond donors (Lipinski definition) is 1. The highest BCUT2D eigenvalue weighted by Gasteiger charge is 2.47. The first-order valence-corrected chi connectivity index (χ1v) is 6.11. The molecule has 0 radical (unpaired) electrons. The second kappa shape index (κ2) is 3.51. The summed E-state index contributed by atoms with van der Waals surface area (Å²) in [6.45, 7) is 0. The standard InChI is InChI=1S/C10H15NOS/c11-7-10(3-1-4-10)9(12)8-2-5-13-6-8/h8-9,12H,1-6H2. The minimum absolute atomic E-state index is 0.360. The Morgan fingerprint density at radius 2 is 2.31 bits per heavy atom. The molecule has 13 heavy (non-hydrogen) atoms. The van der Waals surface area contributed by atoms with Crippen molar-refractivity contribution in [3.63, 3.8) is 0 Å². The van der Waals surface area contributed by atoms with Crippen LogP contribution in [0.3, 0.4) is 0 Å². The van der Waals surface area contributed by atoms with E-state index in [4.69, 9.17) is 5.26 Å². The van der Waals surface area contributed by atoms with E-state index in [9.17, 15) is 5.11 Å². The van der Waals surface area contributed by atoms with Crippen LogP contribution in [0.25, 0.3) is 0 Å². The molecule has 0 aromatic heterocycles. The Bertz CT molecular complexity index is 226. The minimum Gasteiger partial charge on any atom is -0.391 e. The first-order chi connectivity index (χ1) is 6.28. The summed E-state index contributed by atoms with van der Waals surface area (Å²) in [5.41, 5.74) is -0.366. The SMILES string of the molecule is N#CC1(C(O)C2CCSC2)CCC1. The second-order valence-electron chi connectivity index (χ2n) is 4.19. The van der Waals surface area contributed by atoms with Gasteiger partial charge in [-0.1, -0.05) is 6.42 Å². The van der Waals surface area contributed by atoms with Crippen molar-refractivity contribution in [1.82, 2.24) is 0 Å². The second-order valence-corrected chi connectivity index (χ2v) is 5.34. The van der Waals surface area contributed by atoms with Crippen LogP contribution in [0.2, 0.25) is 0 Å². The molecule has 0 aromatic rings. The van der Waals surface area contributed by atoms with E-state index in [2.05, 4.69) is 6.07 Å². The van der Waals surface area contributed by atoms with E-state index < -0.39 is 0 Å². The van der Waals surface area contributed by atoms with Gasteiger partial charge in [0.1, 0.15) is 0 Å². The van der Waals surface area contributed by atoms with Crippen molar-refractivity contribution < 1.29 is 5.11 Å². The van der Waals surface area contributed by atoms with Crippen molar-refractivity contribution in [2.24, 2.45) is 11.3 Å². The van der Waals surface area contributed by atoms with E-state index in [1.807, 2.05) is 11.8 Å². The average molecular weight is 197 g/mol. The number of nitriles is 1. The molecule has 0 spiro atoms. The first-order valence-electron chi connectivity index (χ1n) is 4.95. The Kier molecular flexibility index (Phi) is 2.53. The minimum atomic E-state index is -0.366. The fourth-order valence-electron chi connectivity index (χ4n) is 2.28. The lowest BCUT2D eigenvalue weighted by atomic mass is 9.63. The normalized spacial score (nSPS) is 33.4. The maximum absolute atomic E-state index is 10.1. The van der Waals surface area contributed by atoms with Gasteiger partial charge in [-0.25, -0.2) is 0 Å². The topological polar surface area (TPSA) is 44.0 Å². The van der Waals surface area contributed by atoms with Crippen LogP contribution in [-0.4, -0.2) is 22.7 Å². The molecule has 2 rings (SSSR count). The van der Waals surface area contributed by atoms with Gasteiger partial charge in [0, 0.05) is 0 Å². The lowest BCUT2D eigenvalue weighted by molar-refractivity contribution is -0.0236. The van der Waals surface area contributed by atoms with Crippen LogP contribution in [0, 0.1) is 22.7 Å². The van der Waals surface area contributed by atoms with Gasteiger partial charge in [0.2, 0.25) is 0 Å². The third kappa shape index (κ3) is 1.47. The molecule has 1 saturated heterocycles. The van der Waals surface area contributed by atoms with E-state index in [0.29, 0.717) is 5.92 Å². The summed E-state index contributed by atoms with van der Waals surface area (Å²) in [4.78, 5) is 0. The fourth-order valence-corrected chi connectivity index (χ4v) is 3.57. The van der Waals surface area contributed by atoms with Gasteiger partial charge in [-0.05, 0) is 36.7 Å². The smallest absolute Gasteiger partial charge is 0.0835 e. The maximum atomic E-state index is 10.1. The molecule has 1 aliphatic carbocycles. The van der Waals surface area contributed by atoms with E-state index in [-0.39, 0.29) is 11.5 Å². The summed E-state index contributed by atoms with van der Waals surface area (Å²) in [5, 5.41) is 19.1. The summed E-state index contributed by atoms with van der Waals surface area (Å²) in [7, 11) is 0. The Morgan fingerprint density at radius 3 is 2.69 bits per heavy atom. The lowest BCUT2D eigenvalue weighted by Gasteiger charge is -2.41. The molecule has 2 aliphatic rings. The lowest BCUT2D eigenvalue weighted by Crippen LogP contribution is -2.44. The van der Waals surface area contributed by atoms with Crippen LogP contribution in [-0.2, 0) is 0 Å². The van der Waals surface area contributed by atoms with Crippen LogP contribution in [0.1, 0.15) is 25.7 Å². The predicted octanol–water partition coefficient (Wildman–Crippen LogP) is 1.79. The summed E-state index contributed by atoms with van der Waals surface area (Å²) in [6.07, 6.45) is 3.67. The monoisotopic (exact) mass is 197 g/mol. The van der Waals surface area contributed by atoms with Crippen molar-refractivity contribution in [2.75, 3.05) is 11.5 Å². The molecule has 1 saturated carbocycles. The zero-order valence-corrected chi connectivity index (χ0v) is 8.52. The number of nitrogens with zero attached hydrogens (tertiary/aromatic N) is 1. The molecule has 1 N–H and O–H groups in total. The molecule has 1 heterocycles. The molecule has 72 valence electrons. The molecule has 2 nitrogen and oxygen atoms in total. The number of thioether (sulfide) groups is 1. The molecular formula is C10H15NOS. The predicted molar refractivity (Wildman–Crippen MR) is 53.3 cm³/mol. The molecule has 2 unspecified atom stereocenters. The number of aliphatic hydroxyl groups excluding tert-OH is 1. The Morgan fingerprint density at radius 1 is 1.54 bits per heavy atom. The van der Waals surface area contributed by atoms with Gasteiger partial charge in [-0.2, -0.15) is 17.0 Å². The zero-order chi connectivity index (χ0) is 9.31. The van der Waals surface area contributed by atoms with Gasteiger partial charge < -0.3 is 5.11 Å². The van der Waals surface area contributed by atoms with Gasteiger partial charge in [-0.3, -0.25) is 0 Å². The highest BCUT2D eigenvalue weighted by atomic mass is 32.2. The molecule has 2 atom stereocenters. The van der Waals surface area contributed by atoms with Gasteiger partial charge in [-0.15, -0.1) is 0 Å². The van der Waals surface area contributed by atoms with Crippen molar-refractivity contribution in [3.05, 3.63) is 0 Å². The van der Waals surface area contributed by atoms with E-state index in [1.54, 1.807) is 0 Å². The van der Waals surface area contributed by atoms with E-state index >= 15 is 0 Å². The van der Waals surface area contributed by atoms with Crippen LogP contribution in [0.15, 0.2) is 0 Å². The summed E-state index contributed by atoms with van der Waals surface area (Å²) >= 11 is 1.90. The van der Waals surface area contributed by atoms with Gasteiger partial charge >= 0.3 is 0 Å². The van der Waals surface area contributed by atoms with Crippen molar-refractivity contribution in [1.29, 1.82) is 5.26 Å². The number of hydrogen-bond acceptors (Lipinski definition) is 3. The van der Waals surface area contributed by atoms with Gasteiger partial charge in [0.15, 0.2) is 0 Å². The molecule has 2 fully saturated rings. The van der Waals surface area contributed by atoms with E-state index in [1.165, 1.54) is 0 Å². The molecule has 1 aliphatic heterocycles. The third-order valence-corrected chi connectivity index (χ3v) is 4.63. The summed E-state index contributed by atoms with van der Waals surface area (Å²) in [5.74, 6) is 2.58. The van der Waals surface area contributed by atoms with Crippen LogP contribution < -0.4 is 0 Å². The third-order valence-electron chi connectivity index (χ3n) is 3.45. The van der Waals surface area contributed by atoms with Crippen molar-refractivity contribution in [3.8, 4) is 6.07 Å². The fraction of sp³-hybridized carbons (Fsp3) is 0.900. The van der Waals surface area contributed by atoms with Crippen molar-refractivity contribution >= 4 is 11.8 Å². The maximum Gasteiger partial charge on any atom is 0.0835 e. The highest BCUT2D eigenvalue weighted by Crippen LogP contribution is 2.47. The van der Waals surface area contributed by atoms with Crippen LogP contribution in [0.5, 0.6) is 0 Å². The van der Waals surface area contributed by atoms with Crippen molar-refractivity contribution in [2.45, 2.75) is 31.8 Å². The van der Waals surface area contributed by atoms with Gasteiger partial charge in [0.05, 0.1) is 17.6 Å². The molecule has 3 heteroatoms. The van der Waals surface area contributed by atoms with E-state index in [0.717, 1.165) is 37.2 Å². The molecular weight excluding hydrogens is 182 g/mol. The van der Waals surface area contributed by atoms with Crippen LogP contribution >= 0.6 is 11.8 Å². The zero-order valence-electron chi connectivity index (χ0n) is 7.70. The first kappa shape index (κ1) is 9.36. The quantitative estimate of drug-likeness (QED) is 0.734. The van der Waals surface area contributed by atoms with Gasteiger partial charge in [0.25, 0.3) is 0 Å². The highest BCUT2D eigenvalue weighted by molar-refractivity contribution is 7.99. The average Bonchev–Trinajstić information content (AvgIpc) is 2.54. The summed E-state index contributed by atoms with van der Waals surface area (Å²) in [6, 6.07) is 2.33. The number of rotatable bonds is 2. The summed E-state index contributed by atoms with van der Waals surface area (Å²) < 4.78 is 0. The Labute approximate surface area is 83.3 Å². The molecule has 0 aromatic carbocycles. The number of aliphatic hydroxyl groups is 1. The molecule has 0 amide bonds. The Balaban J connectivity index is 2.02. The Hall–Kier alpha value is -0.200. The van der Waals surface area contributed by atoms with Crippen LogP contribution in [0.4, 0.5) is 0 Å².